The summed E-state index contributed by atoms with van der Waals surface area (Å²) < 4.78 is 5.14. The molecular formula is C9H11NOS. The second kappa shape index (κ2) is 4.89. The summed E-state index contributed by atoms with van der Waals surface area (Å²) in [5.41, 5.74) is 0. The molecule has 0 atom stereocenters. The molecule has 0 unspecified atom stereocenters. The molecule has 64 valence electrons. The third-order valence-electron chi connectivity index (χ3n) is 1.50. The van der Waals surface area contributed by atoms with Gasteiger partial charge in [-0.15, -0.1) is 11.8 Å². The largest absolute Gasteiger partial charge is 0.468 e. The highest BCUT2D eigenvalue weighted by Gasteiger charge is 2.00. The van der Waals surface area contributed by atoms with Gasteiger partial charge in [-0.2, -0.15) is 5.26 Å². The Labute approximate surface area is 76.6 Å². The summed E-state index contributed by atoms with van der Waals surface area (Å²) in [5, 5.41) is 8.30. The molecule has 1 aromatic heterocycles. The third-order valence-corrected chi connectivity index (χ3v) is 2.73. The van der Waals surface area contributed by atoms with E-state index in [1.165, 1.54) is 4.90 Å². The molecule has 0 aliphatic rings. The predicted octanol–water partition coefficient (Wildman–Crippen LogP) is 2.98. The Morgan fingerprint density at radius 3 is 3.08 bits per heavy atom. The van der Waals surface area contributed by atoms with Gasteiger partial charge < -0.3 is 4.42 Å². The summed E-state index contributed by atoms with van der Waals surface area (Å²) in [6.07, 6.45) is 3.29. The molecule has 0 saturated carbocycles. The van der Waals surface area contributed by atoms with Crippen molar-refractivity contribution in [2.75, 3.05) is 5.75 Å². The van der Waals surface area contributed by atoms with Gasteiger partial charge in [-0.05, 0) is 25.2 Å². The van der Waals surface area contributed by atoms with E-state index in [9.17, 15) is 0 Å². The van der Waals surface area contributed by atoms with Crippen molar-refractivity contribution in [1.82, 2.24) is 0 Å². The number of unbranched alkanes of at least 4 members (excludes halogenated alkanes) is 1. The van der Waals surface area contributed by atoms with Crippen LogP contribution in [0.1, 0.15) is 18.6 Å². The molecule has 0 spiro atoms. The maximum Gasteiger partial charge on any atom is 0.114 e. The molecule has 1 rings (SSSR count). The minimum Gasteiger partial charge on any atom is -0.468 e. The minimum absolute atomic E-state index is 0.643. The van der Waals surface area contributed by atoms with Gasteiger partial charge in [0.1, 0.15) is 5.76 Å². The molecule has 2 nitrogen and oxygen atoms in total. The first-order chi connectivity index (χ1) is 5.84. The lowest BCUT2D eigenvalue weighted by molar-refractivity contribution is 0.527. The van der Waals surface area contributed by atoms with E-state index in [2.05, 4.69) is 6.07 Å². The zero-order valence-corrected chi connectivity index (χ0v) is 7.86. The lowest BCUT2D eigenvalue weighted by Crippen LogP contribution is -1.78. The fourth-order valence-electron chi connectivity index (χ4n) is 0.856. The minimum atomic E-state index is 0.643. The maximum absolute atomic E-state index is 8.30. The van der Waals surface area contributed by atoms with Gasteiger partial charge in [0.25, 0.3) is 0 Å². The van der Waals surface area contributed by atoms with Crippen LogP contribution in [0.5, 0.6) is 0 Å². The highest BCUT2D eigenvalue weighted by Crippen LogP contribution is 2.23. The van der Waals surface area contributed by atoms with Crippen molar-refractivity contribution in [3.63, 3.8) is 0 Å². The van der Waals surface area contributed by atoms with Crippen LogP contribution in [0.15, 0.2) is 21.6 Å². The van der Waals surface area contributed by atoms with Crippen LogP contribution in [0, 0.1) is 18.3 Å². The van der Waals surface area contributed by atoms with Crippen LogP contribution in [-0.4, -0.2) is 5.75 Å². The first-order valence-corrected chi connectivity index (χ1v) is 4.87. The molecule has 0 bridgehead atoms. The van der Waals surface area contributed by atoms with Crippen LogP contribution in [0.25, 0.3) is 0 Å². The van der Waals surface area contributed by atoms with E-state index in [1.807, 2.05) is 13.0 Å². The van der Waals surface area contributed by atoms with Gasteiger partial charge >= 0.3 is 0 Å². The average Bonchev–Trinajstić information content (AvgIpc) is 2.46. The van der Waals surface area contributed by atoms with E-state index in [0.717, 1.165) is 17.9 Å². The SMILES string of the molecule is Cc1occc1SCCCC#N. The van der Waals surface area contributed by atoms with Crippen molar-refractivity contribution < 1.29 is 4.42 Å². The molecule has 1 heterocycles. The second-order valence-corrected chi connectivity index (χ2v) is 3.59. The first kappa shape index (κ1) is 9.21. The van der Waals surface area contributed by atoms with Crippen LogP contribution >= 0.6 is 11.8 Å². The van der Waals surface area contributed by atoms with Crippen LogP contribution in [0.2, 0.25) is 0 Å². The number of rotatable bonds is 4. The molecule has 0 saturated heterocycles. The fraction of sp³-hybridized carbons (Fsp3) is 0.444. The molecule has 0 amide bonds. The predicted molar refractivity (Wildman–Crippen MR) is 49.0 cm³/mol. The molecule has 1 aromatic rings. The number of aryl methyl sites for hydroxylation is 1. The summed E-state index contributed by atoms with van der Waals surface area (Å²) in [7, 11) is 0. The van der Waals surface area contributed by atoms with Gasteiger partial charge in [-0.25, -0.2) is 0 Å². The number of hydrogen-bond donors (Lipinski definition) is 0. The van der Waals surface area contributed by atoms with Crippen molar-refractivity contribution in [2.24, 2.45) is 0 Å². The summed E-state index contributed by atoms with van der Waals surface area (Å²) in [4.78, 5) is 1.19. The van der Waals surface area contributed by atoms with Crippen molar-refractivity contribution in [1.29, 1.82) is 5.26 Å². The summed E-state index contributed by atoms with van der Waals surface area (Å²) in [5.74, 6) is 1.96. The smallest absolute Gasteiger partial charge is 0.114 e. The molecular weight excluding hydrogens is 170 g/mol. The molecule has 0 aliphatic heterocycles. The topological polar surface area (TPSA) is 36.9 Å². The lowest BCUT2D eigenvalue weighted by atomic mass is 10.4. The number of furan rings is 1. The Morgan fingerprint density at radius 2 is 2.50 bits per heavy atom. The van der Waals surface area contributed by atoms with E-state index >= 15 is 0 Å². The Morgan fingerprint density at radius 1 is 1.67 bits per heavy atom. The average molecular weight is 181 g/mol. The quantitative estimate of drug-likeness (QED) is 0.529. The normalized spacial score (nSPS) is 9.67. The molecule has 0 fully saturated rings. The molecule has 0 radical (unpaired) electrons. The molecule has 3 heteroatoms. The number of thioether (sulfide) groups is 1. The maximum atomic E-state index is 8.30. The van der Waals surface area contributed by atoms with Crippen LogP contribution in [0.4, 0.5) is 0 Å². The Hall–Kier alpha value is -0.880. The Balaban J connectivity index is 2.25. The number of nitriles is 1. The van der Waals surface area contributed by atoms with Crippen LogP contribution < -0.4 is 0 Å². The van der Waals surface area contributed by atoms with Crippen LogP contribution in [0.3, 0.4) is 0 Å². The summed E-state index contributed by atoms with van der Waals surface area (Å²) in [6.45, 7) is 1.95. The van der Waals surface area contributed by atoms with Gasteiger partial charge in [0, 0.05) is 11.3 Å². The van der Waals surface area contributed by atoms with Gasteiger partial charge in [0.2, 0.25) is 0 Å². The zero-order valence-electron chi connectivity index (χ0n) is 7.04. The standard InChI is InChI=1S/C9H11NOS/c1-8-9(4-6-11-8)12-7-3-2-5-10/h4,6H,2-3,7H2,1H3. The monoisotopic (exact) mass is 181 g/mol. The van der Waals surface area contributed by atoms with Gasteiger partial charge in [-0.1, -0.05) is 0 Å². The molecule has 0 aromatic carbocycles. The highest BCUT2D eigenvalue weighted by atomic mass is 32.2. The highest BCUT2D eigenvalue weighted by molar-refractivity contribution is 7.99. The number of hydrogen-bond acceptors (Lipinski definition) is 3. The van der Waals surface area contributed by atoms with E-state index in [0.29, 0.717) is 6.42 Å². The summed E-state index contributed by atoms with van der Waals surface area (Å²) in [6, 6.07) is 4.09. The van der Waals surface area contributed by atoms with Gasteiger partial charge in [0.15, 0.2) is 0 Å². The zero-order chi connectivity index (χ0) is 8.81. The van der Waals surface area contributed by atoms with Gasteiger partial charge in [0.05, 0.1) is 12.3 Å². The van der Waals surface area contributed by atoms with Gasteiger partial charge in [-0.3, -0.25) is 0 Å². The van der Waals surface area contributed by atoms with Crippen molar-refractivity contribution in [3.8, 4) is 6.07 Å². The van der Waals surface area contributed by atoms with Crippen molar-refractivity contribution in [3.05, 3.63) is 18.1 Å². The Bertz CT molecular complexity index is 274. The third kappa shape index (κ3) is 2.63. The molecule has 0 N–H and O–H groups in total. The van der Waals surface area contributed by atoms with E-state index in [1.54, 1.807) is 18.0 Å². The number of nitrogens with zero attached hydrogens (tertiary/aromatic N) is 1. The summed E-state index contributed by atoms with van der Waals surface area (Å²) >= 11 is 1.75. The molecule has 12 heavy (non-hydrogen) atoms. The Kier molecular flexibility index (Phi) is 3.75. The molecule has 0 aliphatic carbocycles. The van der Waals surface area contributed by atoms with Crippen molar-refractivity contribution >= 4 is 11.8 Å². The fourth-order valence-corrected chi connectivity index (χ4v) is 1.77. The van der Waals surface area contributed by atoms with Crippen molar-refractivity contribution in [2.45, 2.75) is 24.7 Å². The lowest BCUT2D eigenvalue weighted by Gasteiger charge is -1.95. The van der Waals surface area contributed by atoms with E-state index in [-0.39, 0.29) is 0 Å². The van der Waals surface area contributed by atoms with Crippen LogP contribution in [-0.2, 0) is 0 Å². The van der Waals surface area contributed by atoms with E-state index < -0.39 is 0 Å². The second-order valence-electron chi connectivity index (χ2n) is 2.45. The van der Waals surface area contributed by atoms with E-state index in [4.69, 9.17) is 9.68 Å². The first-order valence-electron chi connectivity index (χ1n) is 3.88.